The van der Waals surface area contributed by atoms with Crippen LogP contribution in [0.1, 0.15) is 19.3 Å². The zero-order chi connectivity index (χ0) is 14.4. The standard InChI is InChI=1S/C15H23N3O2/c1-18(14-7-9-20-11-14)8-3-6-15(19)17-13-5-2-4-12(16)10-13/h2,4-5,10,14H,3,6-9,11,16H2,1H3,(H,17,19). The molecule has 1 saturated heterocycles. The maximum atomic E-state index is 11.8. The predicted octanol–water partition coefficient (Wildman–Crippen LogP) is 1.71. The molecule has 1 atom stereocenters. The Morgan fingerprint density at radius 2 is 2.40 bits per heavy atom. The summed E-state index contributed by atoms with van der Waals surface area (Å²) < 4.78 is 5.36. The lowest BCUT2D eigenvalue weighted by atomic mass is 10.2. The number of nitrogens with one attached hydrogen (secondary N) is 1. The van der Waals surface area contributed by atoms with Gasteiger partial charge in [-0.05, 0) is 44.6 Å². The van der Waals surface area contributed by atoms with Crippen LogP contribution in [0, 0.1) is 0 Å². The van der Waals surface area contributed by atoms with Crippen LogP contribution in [-0.2, 0) is 9.53 Å². The van der Waals surface area contributed by atoms with Crippen LogP contribution in [0.5, 0.6) is 0 Å². The molecule has 1 heterocycles. The number of nitrogens with two attached hydrogens (primary N) is 1. The molecule has 1 amide bonds. The third kappa shape index (κ3) is 4.51. The molecule has 0 bridgehead atoms. The average molecular weight is 277 g/mol. The van der Waals surface area contributed by atoms with Crippen molar-refractivity contribution >= 4 is 17.3 Å². The summed E-state index contributed by atoms with van der Waals surface area (Å²) in [5.41, 5.74) is 7.09. The van der Waals surface area contributed by atoms with E-state index in [-0.39, 0.29) is 5.91 Å². The number of nitrogens with zero attached hydrogens (tertiary/aromatic N) is 1. The van der Waals surface area contributed by atoms with Crippen LogP contribution >= 0.6 is 0 Å². The zero-order valence-electron chi connectivity index (χ0n) is 12.0. The Kier molecular flexibility index (Phi) is 5.38. The fourth-order valence-electron chi connectivity index (χ4n) is 2.38. The summed E-state index contributed by atoms with van der Waals surface area (Å²) in [6.07, 6.45) is 2.46. The largest absolute Gasteiger partial charge is 0.399 e. The first kappa shape index (κ1) is 14.8. The molecule has 3 N–H and O–H groups in total. The van der Waals surface area contributed by atoms with E-state index in [1.54, 1.807) is 12.1 Å². The quantitative estimate of drug-likeness (QED) is 0.777. The van der Waals surface area contributed by atoms with Crippen molar-refractivity contribution in [2.24, 2.45) is 0 Å². The second-order valence-electron chi connectivity index (χ2n) is 5.28. The molecule has 0 aromatic heterocycles. The van der Waals surface area contributed by atoms with Gasteiger partial charge in [0.2, 0.25) is 5.91 Å². The van der Waals surface area contributed by atoms with Gasteiger partial charge in [-0.2, -0.15) is 0 Å². The molecule has 5 heteroatoms. The van der Waals surface area contributed by atoms with Gasteiger partial charge in [0.25, 0.3) is 0 Å². The molecule has 0 saturated carbocycles. The summed E-state index contributed by atoms with van der Waals surface area (Å²) in [6, 6.07) is 7.75. The number of carbonyl (C=O) groups excluding carboxylic acids is 1. The molecular weight excluding hydrogens is 254 g/mol. The summed E-state index contributed by atoms with van der Waals surface area (Å²) in [4.78, 5) is 14.1. The molecule has 1 fully saturated rings. The van der Waals surface area contributed by atoms with Gasteiger partial charge in [-0.25, -0.2) is 0 Å². The fraction of sp³-hybridized carbons (Fsp3) is 0.533. The van der Waals surface area contributed by atoms with Crippen LogP contribution in [0.3, 0.4) is 0 Å². The van der Waals surface area contributed by atoms with E-state index in [1.165, 1.54) is 0 Å². The summed E-state index contributed by atoms with van der Waals surface area (Å²) >= 11 is 0. The molecule has 1 aromatic carbocycles. The van der Waals surface area contributed by atoms with Crippen molar-refractivity contribution in [3.8, 4) is 0 Å². The highest BCUT2D eigenvalue weighted by molar-refractivity contribution is 5.91. The number of benzene rings is 1. The molecule has 110 valence electrons. The summed E-state index contributed by atoms with van der Waals surface area (Å²) in [6.45, 7) is 2.58. The molecule has 2 rings (SSSR count). The van der Waals surface area contributed by atoms with E-state index in [9.17, 15) is 4.79 Å². The number of hydrogen-bond donors (Lipinski definition) is 2. The minimum atomic E-state index is 0.0340. The highest BCUT2D eigenvalue weighted by atomic mass is 16.5. The molecule has 0 spiro atoms. The van der Waals surface area contributed by atoms with Crippen LogP contribution in [-0.4, -0.2) is 43.7 Å². The van der Waals surface area contributed by atoms with E-state index < -0.39 is 0 Å². The first-order valence-electron chi connectivity index (χ1n) is 7.08. The highest BCUT2D eigenvalue weighted by Gasteiger charge is 2.19. The predicted molar refractivity (Wildman–Crippen MR) is 80.6 cm³/mol. The molecule has 0 aliphatic carbocycles. The topological polar surface area (TPSA) is 67.6 Å². The first-order chi connectivity index (χ1) is 9.65. The summed E-state index contributed by atoms with van der Waals surface area (Å²) in [5.74, 6) is 0.0340. The molecule has 0 radical (unpaired) electrons. The average Bonchev–Trinajstić information content (AvgIpc) is 2.92. The van der Waals surface area contributed by atoms with Crippen molar-refractivity contribution in [3.05, 3.63) is 24.3 Å². The van der Waals surface area contributed by atoms with E-state index in [2.05, 4.69) is 17.3 Å². The number of hydrogen-bond acceptors (Lipinski definition) is 4. The van der Waals surface area contributed by atoms with E-state index in [1.807, 2.05) is 12.1 Å². The van der Waals surface area contributed by atoms with Gasteiger partial charge in [-0.1, -0.05) is 6.07 Å². The Bertz CT molecular complexity index is 444. The van der Waals surface area contributed by atoms with Gasteiger partial charge in [0.15, 0.2) is 0 Å². The zero-order valence-corrected chi connectivity index (χ0v) is 12.0. The highest BCUT2D eigenvalue weighted by Crippen LogP contribution is 2.13. The minimum absolute atomic E-state index is 0.0340. The molecule has 1 unspecified atom stereocenters. The normalized spacial score (nSPS) is 18.4. The van der Waals surface area contributed by atoms with Crippen molar-refractivity contribution < 1.29 is 9.53 Å². The van der Waals surface area contributed by atoms with Crippen LogP contribution < -0.4 is 11.1 Å². The van der Waals surface area contributed by atoms with Crippen LogP contribution in [0.25, 0.3) is 0 Å². The molecular formula is C15H23N3O2. The van der Waals surface area contributed by atoms with E-state index >= 15 is 0 Å². The smallest absolute Gasteiger partial charge is 0.224 e. The van der Waals surface area contributed by atoms with Gasteiger partial charge < -0.3 is 20.7 Å². The fourth-order valence-corrected chi connectivity index (χ4v) is 2.38. The lowest BCUT2D eigenvalue weighted by Crippen LogP contribution is -2.33. The second-order valence-corrected chi connectivity index (χ2v) is 5.28. The molecule has 1 aliphatic heterocycles. The van der Waals surface area contributed by atoms with E-state index in [4.69, 9.17) is 10.5 Å². The number of amides is 1. The SMILES string of the molecule is CN(CCCC(=O)Nc1cccc(N)c1)C1CCOC1. The molecule has 20 heavy (non-hydrogen) atoms. The lowest BCUT2D eigenvalue weighted by molar-refractivity contribution is -0.116. The van der Waals surface area contributed by atoms with Crippen LogP contribution in [0.15, 0.2) is 24.3 Å². The van der Waals surface area contributed by atoms with Crippen molar-refractivity contribution in [3.63, 3.8) is 0 Å². The van der Waals surface area contributed by atoms with Gasteiger partial charge in [-0.3, -0.25) is 4.79 Å². The number of likely N-dealkylation sites (N-methyl/N-ethyl adjacent to an activating group) is 1. The maximum Gasteiger partial charge on any atom is 0.224 e. The van der Waals surface area contributed by atoms with Gasteiger partial charge >= 0.3 is 0 Å². The van der Waals surface area contributed by atoms with Crippen LogP contribution in [0.2, 0.25) is 0 Å². The Morgan fingerprint density at radius 1 is 1.55 bits per heavy atom. The van der Waals surface area contributed by atoms with Crippen molar-refractivity contribution in [1.82, 2.24) is 4.90 Å². The lowest BCUT2D eigenvalue weighted by Gasteiger charge is -2.22. The first-order valence-corrected chi connectivity index (χ1v) is 7.08. The monoisotopic (exact) mass is 277 g/mol. The Hall–Kier alpha value is -1.59. The number of carbonyl (C=O) groups is 1. The second kappa shape index (κ2) is 7.26. The number of rotatable bonds is 6. The van der Waals surface area contributed by atoms with Gasteiger partial charge in [0.1, 0.15) is 0 Å². The number of nitrogen functional groups attached to an aromatic ring is 1. The van der Waals surface area contributed by atoms with Gasteiger partial charge in [-0.15, -0.1) is 0 Å². The van der Waals surface area contributed by atoms with Crippen molar-refractivity contribution in [1.29, 1.82) is 0 Å². The molecule has 1 aromatic rings. The maximum absolute atomic E-state index is 11.8. The summed E-state index contributed by atoms with van der Waals surface area (Å²) in [7, 11) is 2.09. The molecule has 1 aliphatic rings. The third-order valence-corrected chi connectivity index (χ3v) is 3.61. The van der Waals surface area contributed by atoms with Crippen LogP contribution in [0.4, 0.5) is 11.4 Å². The Morgan fingerprint density at radius 3 is 3.10 bits per heavy atom. The molecule has 5 nitrogen and oxygen atoms in total. The van der Waals surface area contributed by atoms with Gasteiger partial charge in [0, 0.05) is 30.4 Å². The van der Waals surface area contributed by atoms with E-state index in [0.29, 0.717) is 18.2 Å². The Labute approximate surface area is 120 Å². The number of anilines is 2. The van der Waals surface area contributed by atoms with Crippen molar-refractivity contribution in [2.45, 2.75) is 25.3 Å². The van der Waals surface area contributed by atoms with Crippen molar-refractivity contribution in [2.75, 3.05) is 37.9 Å². The van der Waals surface area contributed by atoms with E-state index in [0.717, 1.165) is 38.3 Å². The minimum Gasteiger partial charge on any atom is -0.399 e. The Balaban J connectivity index is 1.67. The van der Waals surface area contributed by atoms with Gasteiger partial charge in [0.05, 0.1) is 6.61 Å². The summed E-state index contributed by atoms with van der Waals surface area (Å²) in [5, 5.41) is 2.86. The third-order valence-electron chi connectivity index (χ3n) is 3.61. The number of ether oxygens (including phenoxy) is 1.